The van der Waals surface area contributed by atoms with Crippen LogP contribution in [0, 0.1) is 12.7 Å². The van der Waals surface area contributed by atoms with Crippen LogP contribution >= 0.6 is 15.9 Å². The molecule has 0 bridgehead atoms. The third kappa shape index (κ3) is 3.52. The lowest BCUT2D eigenvalue weighted by Crippen LogP contribution is -2.14. The molecule has 0 atom stereocenters. The number of hydrogen-bond acceptors (Lipinski definition) is 4. The zero-order valence-corrected chi connectivity index (χ0v) is 13.3. The minimum atomic E-state index is -3.93. The van der Waals surface area contributed by atoms with Gasteiger partial charge in [0, 0.05) is 23.4 Å². The summed E-state index contributed by atoms with van der Waals surface area (Å²) >= 11 is 3.22. The lowest BCUT2D eigenvalue weighted by Gasteiger charge is -2.13. The topological polar surface area (TPSA) is 95.4 Å². The Bertz CT molecular complexity index is 809. The van der Waals surface area contributed by atoms with Crippen molar-refractivity contribution in [2.45, 2.75) is 11.8 Å². The van der Waals surface area contributed by atoms with E-state index in [1.807, 2.05) is 0 Å². The highest BCUT2D eigenvalue weighted by Crippen LogP contribution is 2.35. The molecule has 2 rings (SSSR count). The SMILES string of the molecule is Cc1c(Oc2cc(F)ccc2Br)cc(N)cc1S(N)(=O)=O. The van der Waals surface area contributed by atoms with Gasteiger partial charge in [0.2, 0.25) is 10.0 Å². The van der Waals surface area contributed by atoms with Gasteiger partial charge in [-0.15, -0.1) is 0 Å². The summed E-state index contributed by atoms with van der Waals surface area (Å²) in [6.45, 7) is 1.53. The number of nitrogens with two attached hydrogens (primary N) is 2. The minimum absolute atomic E-state index is 0.134. The van der Waals surface area contributed by atoms with Gasteiger partial charge in [-0.25, -0.2) is 17.9 Å². The van der Waals surface area contributed by atoms with Gasteiger partial charge in [-0.1, -0.05) is 0 Å². The molecule has 0 radical (unpaired) electrons. The molecule has 0 aliphatic rings. The van der Waals surface area contributed by atoms with Gasteiger partial charge >= 0.3 is 0 Å². The highest BCUT2D eigenvalue weighted by atomic mass is 79.9. The molecule has 8 heteroatoms. The van der Waals surface area contributed by atoms with E-state index in [0.29, 0.717) is 10.0 Å². The van der Waals surface area contributed by atoms with Crippen LogP contribution in [0.15, 0.2) is 39.7 Å². The molecule has 21 heavy (non-hydrogen) atoms. The molecule has 112 valence electrons. The van der Waals surface area contributed by atoms with Crippen LogP contribution in [0.1, 0.15) is 5.56 Å². The highest BCUT2D eigenvalue weighted by molar-refractivity contribution is 9.10. The summed E-state index contributed by atoms with van der Waals surface area (Å²) in [4.78, 5) is -0.134. The van der Waals surface area contributed by atoms with Crippen LogP contribution < -0.4 is 15.6 Å². The van der Waals surface area contributed by atoms with Crippen molar-refractivity contribution in [1.29, 1.82) is 0 Å². The molecule has 4 N–H and O–H groups in total. The Labute approximate surface area is 129 Å². The summed E-state index contributed by atoms with van der Waals surface area (Å²) in [6.07, 6.45) is 0. The van der Waals surface area contributed by atoms with E-state index in [1.165, 1.54) is 37.3 Å². The molecule has 0 aliphatic carbocycles. The van der Waals surface area contributed by atoms with Gasteiger partial charge in [-0.05, 0) is 41.1 Å². The average Bonchev–Trinajstić information content (AvgIpc) is 2.36. The Morgan fingerprint density at radius 1 is 1.19 bits per heavy atom. The molecule has 2 aromatic rings. The molecular formula is C13H12BrFN2O3S. The van der Waals surface area contributed by atoms with E-state index < -0.39 is 15.8 Å². The lowest BCUT2D eigenvalue weighted by molar-refractivity contribution is 0.468. The van der Waals surface area contributed by atoms with Gasteiger partial charge in [-0.3, -0.25) is 0 Å². The van der Waals surface area contributed by atoms with E-state index in [4.69, 9.17) is 15.6 Å². The lowest BCUT2D eigenvalue weighted by atomic mass is 10.2. The standard InChI is InChI=1S/C13H12BrFN2O3S/c1-7-11(5-9(16)6-13(7)21(17,18)19)20-12-4-8(15)2-3-10(12)14/h2-6H,16H2,1H3,(H2,17,18,19). The van der Waals surface area contributed by atoms with Crippen molar-refractivity contribution in [3.63, 3.8) is 0 Å². The van der Waals surface area contributed by atoms with Crippen LogP contribution in [0.3, 0.4) is 0 Å². The third-order valence-electron chi connectivity index (χ3n) is 2.75. The van der Waals surface area contributed by atoms with Crippen molar-refractivity contribution in [3.8, 4) is 11.5 Å². The highest BCUT2D eigenvalue weighted by Gasteiger charge is 2.17. The fraction of sp³-hybridized carbons (Fsp3) is 0.0769. The molecule has 0 fully saturated rings. The normalized spacial score (nSPS) is 11.4. The van der Waals surface area contributed by atoms with Gasteiger partial charge in [0.05, 0.1) is 9.37 Å². The first-order chi connectivity index (χ1) is 9.68. The first-order valence-corrected chi connectivity index (χ1v) is 8.08. The van der Waals surface area contributed by atoms with Crippen LogP contribution in [-0.2, 0) is 10.0 Å². The van der Waals surface area contributed by atoms with Crippen molar-refractivity contribution < 1.29 is 17.5 Å². The first-order valence-electron chi connectivity index (χ1n) is 5.74. The molecule has 0 amide bonds. The van der Waals surface area contributed by atoms with Gasteiger partial charge in [-0.2, -0.15) is 0 Å². The van der Waals surface area contributed by atoms with Crippen LogP contribution in [-0.4, -0.2) is 8.42 Å². The maximum Gasteiger partial charge on any atom is 0.238 e. The molecule has 5 nitrogen and oxygen atoms in total. The predicted molar refractivity (Wildman–Crippen MR) is 81.1 cm³/mol. The molecule has 0 saturated carbocycles. The van der Waals surface area contributed by atoms with Crippen molar-refractivity contribution in [2.24, 2.45) is 5.14 Å². The van der Waals surface area contributed by atoms with Gasteiger partial charge in [0.25, 0.3) is 0 Å². The molecule has 0 aromatic heterocycles. The molecule has 0 unspecified atom stereocenters. The number of primary sulfonamides is 1. The Morgan fingerprint density at radius 2 is 1.86 bits per heavy atom. The first kappa shape index (κ1) is 15.7. The zero-order chi connectivity index (χ0) is 15.8. The van der Waals surface area contributed by atoms with Crippen molar-refractivity contribution in [1.82, 2.24) is 0 Å². The monoisotopic (exact) mass is 374 g/mol. The van der Waals surface area contributed by atoms with Crippen LogP contribution in [0.5, 0.6) is 11.5 Å². The van der Waals surface area contributed by atoms with Gasteiger partial charge < -0.3 is 10.5 Å². The van der Waals surface area contributed by atoms with Crippen LogP contribution in [0.2, 0.25) is 0 Å². The van der Waals surface area contributed by atoms with Crippen LogP contribution in [0.25, 0.3) is 0 Å². The average molecular weight is 375 g/mol. The summed E-state index contributed by atoms with van der Waals surface area (Å²) in [5.41, 5.74) is 6.13. The zero-order valence-electron chi connectivity index (χ0n) is 10.9. The number of sulfonamides is 1. The third-order valence-corrected chi connectivity index (χ3v) is 4.45. The Hall–Kier alpha value is -1.64. The second kappa shape index (κ2) is 5.63. The number of ether oxygens (including phenoxy) is 1. The Kier molecular flexibility index (Phi) is 4.22. The second-order valence-electron chi connectivity index (χ2n) is 4.36. The number of rotatable bonds is 3. The maximum atomic E-state index is 13.3. The molecule has 0 heterocycles. The summed E-state index contributed by atoms with van der Waals surface area (Å²) < 4.78 is 42.4. The van der Waals surface area contributed by atoms with E-state index in [0.717, 1.165) is 0 Å². The largest absolute Gasteiger partial charge is 0.456 e. The number of hydrogen-bond donors (Lipinski definition) is 2. The molecule has 0 aliphatic heterocycles. The Morgan fingerprint density at radius 3 is 2.48 bits per heavy atom. The van der Waals surface area contributed by atoms with Gasteiger partial charge in [0.1, 0.15) is 17.3 Å². The summed E-state index contributed by atoms with van der Waals surface area (Å²) in [7, 11) is -3.93. The molecule has 2 aromatic carbocycles. The van der Waals surface area contributed by atoms with E-state index in [-0.39, 0.29) is 22.1 Å². The maximum absolute atomic E-state index is 13.3. The second-order valence-corrected chi connectivity index (χ2v) is 6.75. The van der Waals surface area contributed by atoms with E-state index >= 15 is 0 Å². The van der Waals surface area contributed by atoms with Crippen molar-refractivity contribution >= 4 is 31.6 Å². The van der Waals surface area contributed by atoms with E-state index in [9.17, 15) is 12.8 Å². The number of anilines is 1. The molecular weight excluding hydrogens is 363 g/mol. The number of nitrogen functional groups attached to an aromatic ring is 1. The quantitative estimate of drug-likeness (QED) is 0.807. The smallest absolute Gasteiger partial charge is 0.238 e. The van der Waals surface area contributed by atoms with Crippen molar-refractivity contribution in [2.75, 3.05) is 5.73 Å². The summed E-state index contributed by atoms with van der Waals surface area (Å²) in [5.74, 6) is -0.101. The van der Waals surface area contributed by atoms with E-state index in [2.05, 4.69) is 15.9 Å². The Balaban J connectivity index is 2.55. The van der Waals surface area contributed by atoms with Crippen molar-refractivity contribution in [3.05, 3.63) is 46.2 Å². The minimum Gasteiger partial charge on any atom is -0.456 e. The fourth-order valence-corrected chi connectivity index (χ4v) is 2.91. The molecule has 0 saturated heterocycles. The fourth-order valence-electron chi connectivity index (χ4n) is 1.76. The molecule has 0 spiro atoms. The number of benzene rings is 2. The summed E-state index contributed by atoms with van der Waals surface area (Å²) in [5, 5.41) is 5.13. The van der Waals surface area contributed by atoms with E-state index in [1.54, 1.807) is 0 Å². The van der Waals surface area contributed by atoms with Crippen LogP contribution in [0.4, 0.5) is 10.1 Å². The summed E-state index contributed by atoms with van der Waals surface area (Å²) in [6, 6.07) is 6.61. The van der Waals surface area contributed by atoms with Gasteiger partial charge in [0.15, 0.2) is 0 Å². The predicted octanol–water partition coefficient (Wildman–Crippen LogP) is 2.92. The number of halogens is 2.